The van der Waals surface area contributed by atoms with Crippen LogP contribution >= 0.6 is 0 Å². The zero-order chi connectivity index (χ0) is 62.2. The Morgan fingerprint density at radius 1 is 0.259 bits per heavy atom. The fourth-order valence-corrected chi connectivity index (χ4v) is 14.0. The summed E-state index contributed by atoms with van der Waals surface area (Å²) in [6.45, 7) is 17.6. The first-order chi connectivity index (χ1) is 38.2. The van der Waals surface area contributed by atoms with Gasteiger partial charge in [-0.1, -0.05) is 0 Å². The van der Waals surface area contributed by atoms with Gasteiger partial charge in [0.25, 0.3) is 0 Å². The van der Waals surface area contributed by atoms with Crippen LogP contribution in [0.15, 0.2) is 0 Å². The van der Waals surface area contributed by atoms with Crippen molar-refractivity contribution >= 4 is 113 Å². The summed E-state index contributed by atoms with van der Waals surface area (Å²) in [5.74, 6) is -40.9. The van der Waals surface area contributed by atoms with Crippen molar-refractivity contribution in [3.05, 3.63) is 0 Å². The van der Waals surface area contributed by atoms with E-state index in [1.807, 2.05) is 55.4 Å². The van der Waals surface area contributed by atoms with E-state index >= 15 is 0 Å². The van der Waals surface area contributed by atoms with Crippen molar-refractivity contribution in [2.24, 2.45) is 47.3 Å². The molecule has 0 saturated heterocycles. The van der Waals surface area contributed by atoms with Gasteiger partial charge in [0.15, 0.2) is 0 Å². The molecule has 20 nitrogen and oxygen atoms in total. The van der Waals surface area contributed by atoms with Gasteiger partial charge in [-0.2, -0.15) is 0 Å². The molecule has 0 bridgehead atoms. The number of hydrogen-bond acceptors (Lipinski definition) is 20. The summed E-state index contributed by atoms with van der Waals surface area (Å²) in [6.07, 6.45) is 9.28. The van der Waals surface area contributed by atoms with Crippen LogP contribution in [0.3, 0.4) is 0 Å². The molecule has 81 heavy (non-hydrogen) atoms. The van der Waals surface area contributed by atoms with Gasteiger partial charge in [-0.3, -0.25) is 0 Å². The van der Waals surface area contributed by atoms with Gasteiger partial charge in [-0.25, -0.2) is 0 Å². The molecule has 0 fully saturated rings. The number of Topliss-reactive ketones (excluding diaryl/α,β-unsaturated/α-hetero) is 12. The summed E-state index contributed by atoms with van der Waals surface area (Å²) in [5, 5.41) is 0. The Bertz CT molecular complexity index is 1900. The molecule has 0 radical (unpaired) electrons. The molecule has 21 heteroatoms. The van der Waals surface area contributed by atoms with Crippen LogP contribution in [0.25, 0.3) is 0 Å². The standard InChI is InChI=1S/4C15H24O5.Sn/c4*1-4-6-8-11(9-7-5-2)13(17)12(10(3)16)14(18)15(19)20;/h4*11-12H,4-9H2,1-3H3,(H,19,20);/q;;;;+4/p-4. The molecule has 0 aromatic rings. The zero-order valence-corrected chi connectivity index (χ0v) is 53.1. The maximum absolute atomic E-state index is 14.5. The third-order valence-corrected chi connectivity index (χ3v) is 19.3. The third kappa shape index (κ3) is 24.6. The second kappa shape index (κ2) is 40.0. The van der Waals surface area contributed by atoms with Crippen molar-refractivity contribution in [2.75, 3.05) is 0 Å². The van der Waals surface area contributed by atoms with E-state index in [0.29, 0.717) is 103 Å². The Labute approximate surface area is 484 Å². The quantitative estimate of drug-likeness (QED) is 0.0311. The monoisotopic (exact) mass is 1250 g/mol. The van der Waals surface area contributed by atoms with Gasteiger partial charge in [-0.15, -0.1) is 0 Å². The predicted molar refractivity (Wildman–Crippen MR) is 297 cm³/mol. The Morgan fingerprint density at radius 2 is 0.395 bits per heavy atom. The molecule has 0 N–H and O–H groups in total. The summed E-state index contributed by atoms with van der Waals surface area (Å²) in [7, 11) is 0. The molecule has 0 aliphatic rings. The summed E-state index contributed by atoms with van der Waals surface area (Å²) >= 11 is -8.40. The number of unbranched alkanes of at least 4 members (excludes halogenated alkanes) is 8. The van der Waals surface area contributed by atoms with Crippen LogP contribution in [0.4, 0.5) is 0 Å². The molecule has 0 heterocycles. The van der Waals surface area contributed by atoms with Crippen LogP contribution in [0, 0.1) is 47.3 Å². The molecule has 0 rings (SSSR count). The normalized spacial score (nSPS) is 13.5. The van der Waals surface area contributed by atoms with Gasteiger partial charge in [0, 0.05) is 0 Å². The van der Waals surface area contributed by atoms with Crippen molar-refractivity contribution in [1.82, 2.24) is 0 Å². The number of carbonyl (C=O) groups excluding carboxylic acids is 16. The zero-order valence-electron chi connectivity index (χ0n) is 50.3. The van der Waals surface area contributed by atoms with Crippen LogP contribution in [0.5, 0.6) is 0 Å². The number of hydrogen-bond donors (Lipinski definition) is 0. The Balaban J connectivity index is 8.87. The first-order valence-corrected chi connectivity index (χ1v) is 34.1. The topological polar surface area (TPSA) is 310 Å². The van der Waals surface area contributed by atoms with Gasteiger partial charge in [0.1, 0.15) is 0 Å². The van der Waals surface area contributed by atoms with E-state index in [1.54, 1.807) is 0 Å². The Hall–Kier alpha value is -5.28. The first kappa shape index (κ1) is 75.7. The Morgan fingerprint density at radius 3 is 0.506 bits per heavy atom. The average molecular weight is 1250 g/mol. The average Bonchev–Trinajstić information content (AvgIpc) is 3.40. The second-order valence-corrected chi connectivity index (χ2v) is 26.4. The summed E-state index contributed by atoms with van der Waals surface area (Å²) in [4.78, 5) is 225. The fourth-order valence-electron chi connectivity index (χ4n) is 9.57. The van der Waals surface area contributed by atoms with E-state index in [2.05, 4.69) is 0 Å². The van der Waals surface area contributed by atoms with Crippen molar-refractivity contribution < 1.29 is 89.0 Å². The molecular weight excluding hydrogens is 1160 g/mol. The van der Waals surface area contributed by atoms with E-state index in [0.717, 1.165) is 27.7 Å². The van der Waals surface area contributed by atoms with Gasteiger partial charge in [0.2, 0.25) is 0 Å². The molecular formula is C60H92O20Sn. The molecule has 0 aromatic carbocycles. The second-order valence-electron chi connectivity index (χ2n) is 21.2. The van der Waals surface area contributed by atoms with E-state index in [-0.39, 0.29) is 51.4 Å². The maximum atomic E-state index is 14.5. The van der Waals surface area contributed by atoms with Gasteiger partial charge >= 0.3 is 487 Å². The molecule has 0 aromatic heterocycles. The molecule has 0 aliphatic heterocycles. The van der Waals surface area contributed by atoms with Crippen molar-refractivity contribution in [3.8, 4) is 0 Å². The van der Waals surface area contributed by atoms with Crippen LogP contribution in [-0.4, -0.2) is 113 Å². The first-order valence-electron chi connectivity index (χ1n) is 29.4. The third-order valence-electron chi connectivity index (χ3n) is 14.3. The minimum absolute atomic E-state index is 0.152. The van der Waals surface area contributed by atoms with Gasteiger partial charge in [-0.05, 0) is 0 Å². The summed E-state index contributed by atoms with van der Waals surface area (Å²) < 4.78 is 21.1. The minimum atomic E-state index is -8.40. The fraction of sp³-hybridized carbons (Fsp3) is 0.733. The number of ketones is 12. The van der Waals surface area contributed by atoms with Crippen LogP contribution in [0.1, 0.15) is 237 Å². The molecule has 4 atom stereocenters. The molecule has 0 aliphatic carbocycles. The van der Waals surface area contributed by atoms with Crippen LogP contribution < -0.4 is 0 Å². The molecule has 0 spiro atoms. The van der Waals surface area contributed by atoms with Gasteiger partial charge in [0.05, 0.1) is 0 Å². The molecule has 456 valence electrons. The van der Waals surface area contributed by atoms with E-state index in [9.17, 15) is 76.7 Å². The van der Waals surface area contributed by atoms with E-state index in [4.69, 9.17) is 12.3 Å². The van der Waals surface area contributed by atoms with Crippen LogP contribution in [-0.2, 0) is 89.0 Å². The van der Waals surface area contributed by atoms with E-state index < -0.39 is 161 Å². The van der Waals surface area contributed by atoms with Crippen molar-refractivity contribution in [3.63, 3.8) is 0 Å². The predicted octanol–water partition coefficient (Wildman–Crippen LogP) is 8.95. The van der Waals surface area contributed by atoms with Crippen LogP contribution in [0.2, 0.25) is 0 Å². The van der Waals surface area contributed by atoms with Crippen molar-refractivity contribution in [1.29, 1.82) is 0 Å². The number of rotatable bonds is 48. The summed E-state index contributed by atoms with van der Waals surface area (Å²) in [6, 6.07) is 0. The van der Waals surface area contributed by atoms with Gasteiger partial charge < -0.3 is 0 Å². The molecule has 0 saturated carbocycles. The molecule has 0 amide bonds. The molecule has 4 unspecified atom stereocenters. The summed E-state index contributed by atoms with van der Waals surface area (Å²) in [5.41, 5.74) is 0. The number of carbonyl (C=O) groups is 16. The van der Waals surface area contributed by atoms with Crippen molar-refractivity contribution in [2.45, 2.75) is 237 Å². The SMILES string of the molecule is CCCCC(CCCC)C(=O)C(C(C)=O)C(=O)C(=O)[O][Sn]([O]C(=O)C(=O)C(C(C)=O)C(=O)C(CCCC)CCCC)([O]C(=O)C(=O)C(C(C)=O)C(=O)C(CCCC)CCCC)[O]C(=O)C(=O)C(C(C)=O)C(=O)C(CCCC)CCCC. The Kier molecular flexibility index (Phi) is 37.4. The van der Waals surface area contributed by atoms with E-state index in [1.165, 1.54) is 0 Å².